The summed E-state index contributed by atoms with van der Waals surface area (Å²) >= 11 is 1.39. The number of aromatic nitrogens is 4. The van der Waals surface area contributed by atoms with Crippen LogP contribution < -0.4 is 15.0 Å². The Hall–Kier alpha value is -3.93. The van der Waals surface area contributed by atoms with Gasteiger partial charge in [0.2, 0.25) is 0 Å². The Morgan fingerprint density at radius 1 is 1.08 bits per heavy atom. The summed E-state index contributed by atoms with van der Waals surface area (Å²) in [5.74, 6) is -0.297. The molecule has 3 heterocycles. The van der Waals surface area contributed by atoms with Gasteiger partial charge in [0.1, 0.15) is 16.6 Å². The quantitative estimate of drug-likeness (QED) is 0.389. The number of fused-ring (bicyclic) bond motifs is 2. The Bertz CT molecular complexity index is 1550. The molecule has 2 aromatic heterocycles. The van der Waals surface area contributed by atoms with E-state index in [4.69, 9.17) is 9.47 Å². The maximum atomic E-state index is 13.5. The predicted octanol–water partition coefficient (Wildman–Crippen LogP) is 4.67. The minimum atomic E-state index is -0.561. The number of rotatable bonds is 4. The maximum Gasteiger partial charge on any atom is 0.410 e. The second-order valence-electron chi connectivity index (χ2n) is 10.8. The lowest BCUT2D eigenvalue weighted by molar-refractivity contribution is 0.00567. The second kappa shape index (κ2) is 9.99. The second-order valence-corrected chi connectivity index (χ2v) is 11.8. The van der Waals surface area contributed by atoms with Crippen molar-refractivity contribution in [2.24, 2.45) is 7.05 Å². The number of nitrogens with zero attached hydrogens (tertiary/aromatic N) is 6. The zero-order chi connectivity index (χ0) is 28.1. The lowest BCUT2D eigenvalue weighted by Gasteiger charge is -2.45. The Kier molecular flexibility index (Phi) is 6.83. The van der Waals surface area contributed by atoms with Crippen molar-refractivity contribution in [1.29, 1.82) is 0 Å². The number of piperazine rings is 1. The fourth-order valence-electron chi connectivity index (χ4n) is 5.04. The molecule has 2 aromatic carbocycles. The van der Waals surface area contributed by atoms with Crippen molar-refractivity contribution in [2.75, 3.05) is 30.4 Å². The first kappa shape index (κ1) is 26.7. The van der Waals surface area contributed by atoms with E-state index < -0.39 is 5.60 Å². The number of carbonyl (C=O) groups is 2. The maximum absolute atomic E-state index is 13.5. The van der Waals surface area contributed by atoms with Gasteiger partial charge in [-0.05, 0) is 58.9 Å². The third-order valence-electron chi connectivity index (χ3n) is 6.68. The van der Waals surface area contributed by atoms with E-state index in [9.17, 15) is 9.59 Å². The minimum absolute atomic E-state index is 0.0797. The molecule has 39 heavy (non-hydrogen) atoms. The SMILES string of the molecule is COc1nc2c(C(=O)Nc3cccc4c3nnn4C)ccc(N3C[C@H](C)N(C(=O)OC(C)(C)C)[C@@H](C)C3)c2s1. The molecule has 206 valence electrons. The zero-order valence-electron chi connectivity index (χ0n) is 23.2. The first-order valence-corrected chi connectivity index (χ1v) is 13.6. The molecule has 1 aliphatic heterocycles. The van der Waals surface area contributed by atoms with E-state index >= 15 is 0 Å². The summed E-state index contributed by atoms with van der Waals surface area (Å²) in [6.45, 7) is 10.9. The van der Waals surface area contributed by atoms with Crippen LogP contribution in [-0.2, 0) is 11.8 Å². The highest BCUT2D eigenvalue weighted by Gasteiger charge is 2.36. The van der Waals surface area contributed by atoms with Gasteiger partial charge in [-0.3, -0.25) is 9.69 Å². The summed E-state index contributed by atoms with van der Waals surface area (Å²) in [6.07, 6.45) is -0.308. The standard InChI is InChI=1S/C27H33N7O4S/c1-15-13-33(14-16(2)34(15)26(36)38-27(3,4)5)20-12-11-17(21-23(20)39-25(29-21)37-7)24(35)28-18-9-8-10-19-22(18)30-31-32(19)6/h8-12,15-16H,13-14H2,1-7H3,(H,28,35)/t15-,16-/m0/s1. The molecule has 1 aliphatic rings. The number of methoxy groups -OCH3 is 1. The van der Waals surface area contributed by atoms with Crippen molar-refractivity contribution in [3.05, 3.63) is 35.9 Å². The van der Waals surface area contributed by atoms with Crippen molar-refractivity contribution in [1.82, 2.24) is 24.9 Å². The molecule has 0 radical (unpaired) electrons. The molecule has 1 N–H and O–H groups in total. The molecular weight excluding hydrogens is 518 g/mol. The minimum Gasteiger partial charge on any atom is -0.473 e. The smallest absolute Gasteiger partial charge is 0.410 e. The number of thiazole rings is 1. The molecular formula is C27H33N7O4S. The summed E-state index contributed by atoms with van der Waals surface area (Å²) < 4.78 is 13.6. The Morgan fingerprint density at radius 2 is 1.79 bits per heavy atom. The highest BCUT2D eigenvalue weighted by Crippen LogP contribution is 2.39. The zero-order valence-corrected chi connectivity index (χ0v) is 24.0. The number of aryl methyl sites for hydroxylation is 1. The van der Waals surface area contributed by atoms with Gasteiger partial charge in [0.25, 0.3) is 11.1 Å². The summed E-state index contributed by atoms with van der Waals surface area (Å²) in [4.78, 5) is 35.0. The summed E-state index contributed by atoms with van der Waals surface area (Å²) in [7, 11) is 3.37. The largest absolute Gasteiger partial charge is 0.473 e. The fraction of sp³-hybridized carbons (Fsp3) is 0.444. The van der Waals surface area contributed by atoms with Crippen LogP contribution in [-0.4, -0.2) is 74.8 Å². The predicted molar refractivity (Wildman–Crippen MR) is 152 cm³/mol. The topological polar surface area (TPSA) is 115 Å². The van der Waals surface area contributed by atoms with Crippen LogP contribution in [0.5, 0.6) is 5.19 Å². The third-order valence-corrected chi connectivity index (χ3v) is 7.72. The fourth-order valence-corrected chi connectivity index (χ4v) is 5.98. The van der Waals surface area contributed by atoms with Gasteiger partial charge in [-0.2, -0.15) is 0 Å². The van der Waals surface area contributed by atoms with Crippen LogP contribution in [0.4, 0.5) is 16.2 Å². The van der Waals surface area contributed by atoms with Crippen molar-refractivity contribution >= 4 is 56.0 Å². The van der Waals surface area contributed by atoms with Crippen LogP contribution in [0.3, 0.4) is 0 Å². The van der Waals surface area contributed by atoms with E-state index in [1.165, 1.54) is 11.3 Å². The van der Waals surface area contributed by atoms with Crippen LogP contribution >= 0.6 is 11.3 Å². The molecule has 0 unspecified atom stereocenters. The molecule has 0 spiro atoms. The van der Waals surface area contributed by atoms with E-state index in [0.717, 1.165) is 15.9 Å². The van der Waals surface area contributed by atoms with Gasteiger partial charge < -0.3 is 19.7 Å². The summed E-state index contributed by atoms with van der Waals surface area (Å²) in [5, 5.41) is 11.7. The van der Waals surface area contributed by atoms with Gasteiger partial charge >= 0.3 is 6.09 Å². The molecule has 0 aliphatic carbocycles. The number of hydrogen-bond donors (Lipinski definition) is 1. The van der Waals surface area contributed by atoms with E-state index in [-0.39, 0.29) is 24.1 Å². The van der Waals surface area contributed by atoms with Crippen molar-refractivity contribution < 1.29 is 19.1 Å². The van der Waals surface area contributed by atoms with Crippen LogP contribution in [0.2, 0.25) is 0 Å². The van der Waals surface area contributed by atoms with Crippen LogP contribution in [0.25, 0.3) is 21.3 Å². The highest BCUT2D eigenvalue weighted by molar-refractivity contribution is 7.21. The molecule has 12 heteroatoms. The molecule has 1 saturated heterocycles. The molecule has 5 rings (SSSR count). The van der Waals surface area contributed by atoms with Gasteiger partial charge in [-0.1, -0.05) is 22.6 Å². The van der Waals surface area contributed by atoms with Gasteiger partial charge in [-0.15, -0.1) is 5.10 Å². The molecule has 1 fully saturated rings. The molecule has 4 aromatic rings. The Balaban J connectivity index is 1.45. The van der Waals surface area contributed by atoms with Gasteiger partial charge in [0.05, 0.1) is 46.3 Å². The number of amides is 2. The first-order chi connectivity index (χ1) is 18.5. The summed E-state index contributed by atoms with van der Waals surface area (Å²) in [5.41, 5.74) is 3.39. The highest BCUT2D eigenvalue weighted by atomic mass is 32.1. The summed E-state index contributed by atoms with van der Waals surface area (Å²) in [6, 6.07) is 9.13. The van der Waals surface area contributed by atoms with Crippen LogP contribution in [0.15, 0.2) is 30.3 Å². The molecule has 11 nitrogen and oxygen atoms in total. The first-order valence-electron chi connectivity index (χ1n) is 12.8. The van der Waals surface area contributed by atoms with Gasteiger partial charge in [0, 0.05) is 20.1 Å². The Labute approximate surface area is 230 Å². The van der Waals surface area contributed by atoms with E-state index in [1.807, 2.05) is 52.8 Å². The van der Waals surface area contributed by atoms with E-state index in [0.29, 0.717) is 40.6 Å². The lowest BCUT2D eigenvalue weighted by atomic mass is 10.1. The molecule has 2 atom stereocenters. The Morgan fingerprint density at radius 3 is 2.46 bits per heavy atom. The lowest BCUT2D eigenvalue weighted by Crippen LogP contribution is -2.59. The number of nitrogens with one attached hydrogen (secondary N) is 1. The molecule has 0 saturated carbocycles. The third kappa shape index (κ3) is 5.08. The van der Waals surface area contributed by atoms with E-state index in [2.05, 4.69) is 25.5 Å². The monoisotopic (exact) mass is 551 g/mol. The van der Waals surface area contributed by atoms with Crippen LogP contribution in [0.1, 0.15) is 45.0 Å². The van der Waals surface area contributed by atoms with Gasteiger partial charge in [0.15, 0.2) is 0 Å². The van der Waals surface area contributed by atoms with E-state index in [1.54, 1.807) is 35.9 Å². The van der Waals surface area contributed by atoms with Crippen molar-refractivity contribution in [3.63, 3.8) is 0 Å². The average molecular weight is 552 g/mol. The number of ether oxygens (including phenoxy) is 2. The van der Waals surface area contributed by atoms with Crippen molar-refractivity contribution in [3.8, 4) is 5.19 Å². The normalized spacial score (nSPS) is 18.0. The number of benzene rings is 2. The average Bonchev–Trinajstić information content (AvgIpc) is 3.46. The molecule has 0 bridgehead atoms. The van der Waals surface area contributed by atoms with Crippen molar-refractivity contribution in [2.45, 2.75) is 52.3 Å². The van der Waals surface area contributed by atoms with Gasteiger partial charge in [-0.25, -0.2) is 14.5 Å². The molecule has 2 amide bonds. The number of carbonyl (C=O) groups excluding carboxylic acids is 2. The number of anilines is 2. The van der Waals surface area contributed by atoms with Crippen LogP contribution in [0, 0.1) is 0 Å². The number of hydrogen-bond acceptors (Lipinski definition) is 9.